The number of amides is 4. The Labute approximate surface area is 235 Å². The molecule has 0 spiro atoms. The second-order valence-corrected chi connectivity index (χ2v) is 10.6. The number of aliphatic carboxylic acids is 1. The van der Waals surface area contributed by atoms with Gasteiger partial charge in [-0.1, -0.05) is 27.7 Å². The Bertz CT molecular complexity index is 1170. The number of benzene rings is 1. The number of carboxylic acid groups (broad SMARTS) is 1. The molecule has 3 unspecified atom stereocenters. The fourth-order valence-corrected chi connectivity index (χ4v) is 4.30. The quantitative estimate of drug-likeness (QED) is 0.309. The lowest BCUT2D eigenvalue weighted by atomic mass is 9.98. The Hall–Kier alpha value is -3.97. The van der Waals surface area contributed by atoms with Gasteiger partial charge in [-0.15, -0.1) is 0 Å². The fraction of sp³-hybridized carbons (Fsp3) is 0.556. The van der Waals surface area contributed by atoms with Gasteiger partial charge in [0.25, 0.3) is 17.6 Å². The number of Topliss-reactive ketones (excluding diaryl/α,β-unsaturated/α-hetero) is 1. The number of rotatable bonds is 11. The molecule has 4 N–H and O–H groups in total. The summed E-state index contributed by atoms with van der Waals surface area (Å²) in [5.41, 5.74) is 0.216. The molecule has 0 aromatic heterocycles. The number of hydrogen-bond acceptors (Lipinski definition) is 6. The molecule has 4 amide bonds. The molecule has 1 aromatic carbocycles. The zero-order chi connectivity index (χ0) is 31.2. The first kappa shape index (κ1) is 33.2. The molecular formula is C27H35F3N4O7. The van der Waals surface area contributed by atoms with Crippen molar-refractivity contribution >= 4 is 35.4 Å². The highest BCUT2D eigenvalue weighted by atomic mass is 19.4. The minimum atomic E-state index is -5.14. The summed E-state index contributed by atoms with van der Waals surface area (Å²) in [7, 11) is 0. The summed E-state index contributed by atoms with van der Waals surface area (Å²) < 4.78 is 39.1. The zero-order valence-electron chi connectivity index (χ0n) is 23.4. The number of ketones is 1. The first-order valence-corrected chi connectivity index (χ1v) is 13.1. The van der Waals surface area contributed by atoms with Gasteiger partial charge < -0.3 is 26.0 Å². The number of halogens is 3. The highest BCUT2D eigenvalue weighted by molar-refractivity contribution is 6.01. The number of nitrogens with one attached hydrogen (secondary N) is 3. The van der Waals surface area contributed by atoms with Crippen molar-refractivity contribution in [2.75, 3.05) is 6.54 Å². The van der Waals surface area contributed by atoms with Gasteiger partial charge in [0.2, 0.25) is 11.8 Å². The van der Waals surface area contributed by atoms with Crippen LogP contribution in [-0.4, -0.2) is 82.3 Å². The van der Waals surface area contributed by atoms with Crippen molar-refractivity contribution in [3.8, 4) is 0 Å². The predicted molar refractivity (Wildman–Crippen MR) is 140 cm³/mol. The van der Waals surface area contributed by atoms with E-state index in [1.54, 1.807) is 13.8 Å². The summed E-state index contributed by atoms with van der Waals surface area (Å²) in [4.78, 5) is 75.5. The molecule has 1 aliphatic rings. The molecule has 0 bridgehead atoms. The van der Waals surface area contributed by atoms with Crippen LogP contribution in [0, 0.1) is 11.8 Å². The molecule has 2 rings (SSSR count). The Morgan fingerprint density at radius 1 is 0.829 bits per heavy atom. The maximum atomic E-state index is 13.5. The van der Waals surface area contributed by atoms with Crippen molar-refractivity contribution in [3.63, 3.8) is 0 Å². The van der Waals surface area contributed by atoms with Crippen LogP contribution in [-0.2, 0) is 19.2 Å². The zero-order valence-corrected chi connectivity index (χ0v) is 23.4. The van der Waals surface area contributed by atoms with E-state index in [-0.39, 0.29) is 24.1 Å². The molecule has 11 nitrogen and oxygen atoms in total. The van der Waals surface area contributed by atoms with E-state index < -0.39 is 77.6 Å². The van der Waals surface area contributed by atoms with Crippen molar-refractivity contribution in [2.45, 2.75) is 77.8 Å². The number of nitrogens with zero attached hydrogens (tertiary/aromatic N) is 1. The van der Waals surface area contributed by atoms with Crippen LogP contribution in [0.15, 0.2) is 24.3 Å². The van der Waals surface area contributed by atoms with Gasteiger partial charge in [-0.25, -0.2) is 0 Å². The Morgan fingerprint density at radius 3 is 1.76 bits per heavy atom. The predicted octanol–water partition coefficient (Wildman–Crippen LogP) is 1.91. The summed E-state index contributed by atoms with van der Waals surface area (Å²) in [6.07, 6.45) is -4.57. The van der Waals surface area contributed by atoms with Crippen molar-refractivity contribution in [1.29, 1.82) is 0 Å². The Morgan fingerprint density at radius 2 is 1.32 bits per heavy atom. The van der Waals surface area contributed by atoms with E-state index >= 15 is 0 Å². The maximum absolute atomic E-state index is 13.5. The number of carboxylic acids is 1. The van der Waals surface area contributed by atoms with Gasteiger partial charge in [-0.3, -0.25) is 28.8 Å². The number of hydrogen-bond donors (Lipinski definition) is 4. The number of alkyl halides is 3. The Balaban J connectivity index is 2.15. The molecule has 0 saturated carbocycles. The standard InChI is InChI=1S/C27H35F3N4O7/c1-13(2)19(21(35)27(28,29)30)32-24(38)18-7-6-12-34(18)25(39)20(14(3)4)33-23(37)17-10-8-16(9-11-17)22(36)31-15(5)26(40)41/h8-11,13-15,18-20H,6-7,12H2,1-5H3,(H,31,36)(H,32,38)(H,33,37)(H,40,41)/t15?,18-,19?,20?/m0/s1. The highest BCUT2D eigenvalue weighted by Gasteiger charge is 2.46. The van der Waals surface area contributed by atoms with Crippen LogP contribution in [0.3, 0.4) is 0 Å². The largest absolute Gasteiger partial charge is 0.480 e. The van der Waals surface area contributed by atoms with E-state index in [0.29, 0.717) is 6.42 Å². The molecule has 4 atom stereocenters. The third-order valence-electron chi connectivity index (χ3n) is 6.71. The van der Waals surface area contributed by atoms with Crippen molar-refractivity contribution < 1.29 is 47.0 Å². The number of carbonyl (C=O) groups is 6. The van der Waals surface area contributed by atoms with Crippen LogP contribution in [0.5, 0.6) is 0 Å². The van der Waals surface area contributed by atoms with Gasteiger partial charge in [-0.05, 0) is 55.9 Å². The third kappa shape index (κ3) is 8.51. The van der Waals surface area contributed by atoms with E-state index in [1.807, 2.05) is 0 Å². The van der Waals surface area contributed by atoms with Crippen LogP contribution in [0.25, 0.3) is 0 Å². The second-order valence-electron chi connectivity index (χ2n) is 10.6. The van der Waals surface area contributed by atoms with Crippen molar-refractivity contribution in [2.24, 2.45) is 11.8 Å². The lowest BCUT2D eigenvalue weighted by Gasteiger charge is -2.32. The molecule has 1 heterocycles. The lowest BCUT2D eigenvalue weighted by Crippen LogP contribution is -2.58. The summed E-state index contributed by atoms with van der Waals surface area (Å²) in [5, 5.41) is 16.0. The number of carbonyl (C=O) groups excluding carboxylic acids is 5. The van der Waals surface area contributed by atoms with Gasteiger partial charge in [0.05, 0.1) is 6.04 Å². The summed E-state index contributed by atoms with van der Waals surface area (Å²) >= 11 is 0. The second kappa shape index (κ2) is 13.6. The Kier molecular flexibility index (Phi) is 11.0. The topological polar surface area (TPSA) is 162 Å². The van der Waals surface area contributed by atoms with Crippen LogP contribution >= 0.6 is 0 Å². The van der Waals surface area contributed by atoms with Crippen molar-refractivity contribution in [1.82, 2.24) is 20.9 Å². The van der Waals surface area contributed by atoms with Crippen LogP contribution in [0.2, 0.25) is 0 Å². The molecule has 1 aromatic rings. The van der Waals surface area contributed by atoms with E-state index in [2.05, 4.69) is 16.0 Å². The van der Waals surface area contributed by atoms with Crippen LogP contribution in [0.4, 0.5) is 13.2 Å². The molecule has 1 aliphatic heterocycles. The van der Waals surface area contributed by atoms with Gasteiger partial charge in [0, 0.05) is 17.7 Å². The first-order valence-electron chi connectivity index (χ1n) is 13.1. The van der Waals surface area contributed by atoms with Gasteiger partial charge >= 0.3 is 12.1 Å². The average Bonchev–Trinajstić information content (AvgIpc) is 3.38. The summed E-state index contributed by atoms with van der Waals surface area (Å²) in [5.74, 6) is -7.38. The van der Waals surface area contributed by atoms with E-state index in [9.17, 15) is 41.9 Å². The van der Waals surface area contributed by atoms with Crippen LogP contribution < -0.4 is 16.0 Å². The molecule has 226 valence electrons. The average molecular weight is 585 g/mol. The van der Waals surface area contributed by atoms with Gasteiger partial charge in [0.15, 0.2) is 0 Å². The lowest BCUT2D eigenvalue weighted by molar-refractivity contribution is -0.175. The van der Waals surface area contributed by atoms with E-state index in [0.717, 1.165) is 0 Å². The SMILES string of the molecule is CC(NC(=O)c1ccc(C(=O)NC(C(=O)N2CCC[C@H]2C(=O)NC(C(=O)C(F)(F)F)C(C)C)C(C)C)cc1)C(=O)O. The van der Waals surface area contributed by atoms with Crippen molar-refractivity contribution in [3.05, 3.63) is 35.4 Å². The molecule has 14 heteroatoms. The van der Waals surface area contributed by atoms with Crippen LogP contribution in [0.1, 0.15) is 68.2 Å². The molecule has 0 aliphatic carbocycles. The fourth-order valence-electron chi connectivity index (χ4n) is 4.30. The van der Waals surface area contributed by atoms with E-state index in [1.165, 1.54) is 49.9 Å². The molecule has 1 saturated heterocycles. The maximum Gasteiger partial charge on any atom is 0.452 e. The van der Waals surface area contributed by atoms with Gasteiger partial charge in [-0.2, -0.15) is 13.2 Å². The monoisotopic (exact) mass is 584 g/mol. The minimum absolute atomic E-state index is 0.104. The molecule has 1 fully saturated rings. The first-order chi connectivity index (χ1) is 18.9. The number of likely N-dealkylation sites (tertiary alicyclic amines) is 1. The molecular weight excluding hydrogens is 549 g/mol. The summed E-state index contributed by atoms with van der Waals surface area (Å²) in [6.45, 7) is 7.50. The summed E-state index contributed by atoms with van der Waals surface area (Å²) in [6, 6.07) is 0.153. The highest BCUT2D eigenvalue weighted by Crippen LogP contribution is 2.24. The van der Waals surface area contributed by atoms with Gasteiger partial charge in [0.1, 0.15) is 18.1 Å². The normalized spacial score (nSPS) is 17.5. The smallest absolute Gasteiger partial charge is 0.452 e. The third-order valence-corrected chi connectivity index (χ3v) is 6.71. The minimum Gasteiger partial charge on any atom is -0.480 e. The van der Waals surface area contributed by atoms with E-state index in [4.69, 9.17) is 5.11 Å². The molecule has 41 heavy (non-hydrogen) atoms. The molecule has 0 radical (unpaired) electrons.